The molecule has 0 bridgehead atoms. The van der Waals surface area contributed by atoms with Crippen molar-refractivity contribution in [2.45, 2.75) is 37.8 Å². The number of esters is 1. The van der Waals surface area contributed by atoms with Crippen LogP contribution >= 0.6 is 0 Å². The number of amides is 3. The third-order valence-electron chi connectivity index (χ3n) is 4.16. The molecule has 21 heavy (non-hydrogen) atoms. The number of imide groups is 1. The second-order valence-corrected chi connectivity index (χ2v) is 5.36. The van der Waals surface area contributed by atoms with E-state index in [1.807, 2.05) is 0 Å². The van der Waals surface area contributed by atoms with E-state index in [1.165, 1.54) is 19.4 Å². The first-order valence-corrected chi connectivity index (χ1v) is 6.86. The molecule has 0 radical (unpaired) electrons. The van der Waals surface area contributed by atoms with Gasteiger partial charge in [-0.3, -0.25) is 9.69 Å². The molecule has 3 amide bonds. The van der Waals surface area contributed by atoms with E-state index < -0.39 is 17.5 Å². The average Bonchev–Trinajstić information content (AvgIpc) is 3.16. The number of carbonyl (C=O) groups is 3. The van der Waals surface area contributed by atoms with Gasteiger partial charge in [0.25, 0.3) is 5.91 Å². The number of nitrogens with zero attached hydrogens (tertiary/aromatic N) is 1. The number of furan rings is 1. The number of carbonyl (C=O) groups excluding carboxylic acids is 3. The summed E-state index contributed by atoms with van der Waals surface area (Å²) in [6, 6.07) is 1.03. The molecule has 0 atom stereocenters. The van der Waals surface area contributed by atoms with Gasteiger partial charge in [0.2, 0.25) is 0 Å². The first kappa shape index (κ1) is 13.7. The van der Waals surface area contributed by atoms with Gasteiger partial charge in [0, 0.05) is 0 Å². The first-order chi connectivity index (χ1) is 10.1. The van der Waals surface area contributed by atoms with Gasteiger partial charge in [0.05, 0.1) is 19.9 Å². The summed E-state index contributed by atoms with van der Waals surface area (Å²) < 4.78 is 9.87. The van der Waals surface area contributed by atoms with Crippen molar-refractivity contribution in [2.24, 2.45) is 0 Å². The monoisotopic (exact) mass is 292 g/mol. The van der Waals surface area contributed by atoms with E-state index in [2.05, 4.69) is 10.1 Å². The molecule has 0 unspecified atom stereocenters. The Labute approximate surface area is 121 Å². The third-order valence-corrected chi connectivity index (χ3v) is 4.16. The van der Waals surface area contributed by atoms with Crippen LogP contribution in [0.4, 0.5) is 4.79 Å². The van der Waals surface area contributed by atoms with Crippen molar-refractivity contribution < 1.29 is 23.5 Å². The average molecular weight is 292 g/mol. The van der Waals surface area contributed by atoms with E-state index in [1.54, 1.807) is 0 Å². The lowest BCUT2D eigenvalue weighted by Crippen LogP contribution is -2.44. The topological polar surface area (TPSA) is 88.8 Å². The highest BCUT2D eigenvalue weighted by Crippen LogP contribution is 2.35. The molecule has 112 valence electrons. The number of hydrogen-bond donors (Lipinski definition) is 1. The van der Waals surface area contributed by atoms with Crippen LogP contribution in [0.15, 0.2) is 16.7 Å². The Morgan fingerprint density at radius 1 is 1.43 bits per heavy atom. The Balaban J connectivity index is 1.82. The fourth-order valence-corrected chi connectivity index (χ4v) is 3.04. The Morgan fingerprint density at radius 2 is 2.14 bits per heavy atom. The minimum absolute atomic E-state index is 0.0656. The fraction of sp³-hybridized carbons (Fsp3) is 0.500. The number of ether oxygens (including phenoxy) is 1. The van der Waals surface area contributed by atoms with E-state index in [9.17, 15) is 14.4 Å². The second kappa shape index (κ2) is 4.91. The van der Waals surface area contributed by atoms with Crippen LogP contribution in [0.3, 0.4) is 0 Å². The number of hydrogen-bond acceptors (Lipinski definition) is 5. The van der Waals surface area contributed by atoms with Crippen LogP contribution < -0.4 is 5.32 Å². The minimum atomic E-state index is -0.755. The molecule has 2 fully saturated rings. The number of nitrogens with one attached hydrogen (secondary N) is 1. The zero-order valence-electron chi connectivity index (χ0n) is 11.7. The normalized spacial score (nSPS) is 20.1. The van der Waals surface area contributed by atoms with Gasteiger partial charge in [-0.25, -0.2) is 9.59 Å². The highest BCUT2D eigenvalue weighted by molar-refractivity contribution is 6.07. The fourth-order valence-electron chi connectivity index (χ4n) is 3.04. The van der Waals surface area contributed by atoms with Crippen molar-refractivity contribution in [3.8, 4) is 0 Å². The summed E-state index contributed by atoms with van der Waals surface area (Å²) in [6.07, 6.45) is 4.51. The summed E-state index contributed by atoms with van der Waals surface area (Å²) in [5, 5.41) is 2.78. The Bertz CT molecular complexity index is 600. The molecule has 7 heteroatoms. The molecule has 1 aliphatic carbocycles. The van der Waals surface area contributed by atoms with Crippen LogP contribution in [0.5, 0.6) is 0 Å². The number of urea groups is 1. The van der Waals surface area contributed by atoms with E-state index in [0.717, 1.165) is 17.7 Å². The number of methoxy groups -OCH3 is 1. The van der Waals surface area contributed by atoms with Crippen molar-refractivity contribution in [2.75, 3.05) is 7.11 Å². The molecule has 7 nitrogen and oxygen atoms in total. The summed E-state index contributed by atoms with van der Waals surface area (Å²) in [7, 11) is 1.26. The van der Waals surface area contributed by atoms with Crippen LogP contribution in [0.25, 0.3) is 0 Å². The Kier molecular flexibility index (Phi) is 3.19. The quantitative estimate of drug-likeness (QED) is 0.672. The molecule has 1 spiro atoms. The third kappa shape index (κ3) is 2.09. The van der Waals surface area contributed by atoms with E-state index in [-0.39, 0.29) is 23.8 Å². The van der Waals surface area contributed by atoms with Crippen molar-refractivity contribution in [1.82, 2.24) is 10.2 Å². The highest BCUT2D eigenvalue weighted by Gasteiger charge is 2.52. The summed E-state index contributed by atoms with van der Waals surface area (Å²) >= 11 is 0. The van der Waals surface area contributed by atoms with Gasteiger partial charge < -0.3 is 14.5 Å². The summed E-state index contributed by atoms with van der Waals surface area (Å²) in [5.74, 6) is -0.543. The van der Waals surface area contributed by atoms with Gasteiger partial charge in [-0.1, -0.05) is 12.8 Å². The molecule has 1 saturated heterocycles. The van der Waals surface area contributed by atoms with Crippen LogP contribution in [-0.2, 0) is 16.1 Å². The standard InChI is InChI=1S/C14H16N2O5/c1-20-11(17)9-4-7-21-10(9)8-16-12(18)14(15-13(16)19)5-2-3-6-14/h4,7H,2-3,5-6,8H2,1H3,(H,15,19). The molecule has 1 aromatic rings. The van der Waals surface area contributed by atoms with Crippen LogP contribution in [0.2, 0.25) is 0 Å². The molecular formula is C14H16N2O5. The second-order valence-electron chi connectivity index (χ2n) is 5.36. The van der Waals surface area contributed by atoms with Gasteiger partial charge in [-0.15, -0.1) is 0 Å². The summed E-state index contributed by atoms with van der Waals surface area (Å²) in [4.78, 5) is 37.3. The molecule has 0 aromatic carbocycles. The smallest absolute Gasteiger partial charge is 0.341 e. The molecule has 1 N–H and O–H groups in total. The predicted molar refractivity (Wildman–Crippen MR) is 70.3 cm³/mol. The summed E-state index contributed by atoms with van der Waals surface area (Å²) in [6.45, 7) is -0.0656. The van der Waals surface area contributed by atoms with Crippen molar-refractivity contribution in [1.29, 1.82) is 0 Å². The number of rotatable bonds is 3. The van der Waals surface area contributed by atoms with Gasteiger partial charge in [-0.05, 0) is 18.9 Å². The SMILES string of the molecule is COC(=O)c1ccoc1CN1C(=O)NC2(CCCC2)C1=O. The molecule has 2 heterocycles. The van der Waals surface area contributed by atoms with Crippen molar-refractivity contribution in [3.05, 3.63) is 23.7 Å². The molecular weight excluding hydrogens is 276 g/mol. The van der Waals surface area contributed by atoms with E-state index in [0.29, 0.717) is 12.8 Å². The molecule has 1 saturated carbocycles. The molecule has 2 aliphatic rings. The van der Waals surface area contributed by atoms with Gasteiger partial charge in [-0.2, -0.15) is 0 Å². The largest absolute Gasteiger partial charge is 0.467 e. The Hall–Kier alpha value is -2.31. The lowest BCUT2D eigenvalue weighted by Gasteiger charge is -2.19. The van der Waals surface area contributed by atoms with Crippen LogP contribution in [-0.4, -0.2) is 35.5 Å². The predicted octanol–water partition coefficient (Wildman–Crippen LogP) is 1.43. The van der Waals surface area contributed by atoms with Gasteiger partial charge in [0.1, 0.15) is 16.9 Å². The lowest BCUT2D eigenvalue weighted by atomic mass is 9.98. The van der Waals surface area contributed by atoms with Crippen LogP contribution in [0, 0.1) is 0 Å². The van der Waals surface area contributed by atoms with Gasteiger partial charge >= 0.3 is 12.0 Å². The zero-order valence-corrected chi connectivity index (χ0v) is 11.7. The zero-order chi connectivity index (χ0) is 15.0. The maximum atomic E-state index is 12.5. The van der Waals surface area contributed by atoms with Gasteiger partial charge in [0.15, 0.2) is 0 Å². The molecule has 3 rings (SSSR count). The first-order valence-electron chi connectivity index (χ1n) is 6.86. The highest BCUT2D eigenvalue weighted by atomic mass is 16.5. The maximum absolute atomic E-state index is 12.5. The van der Waals surface area contributed by atoms with Crippen molar-refractivity contribution in [3.63, 3.8) is 0 Å². The maximum Gasteiger partial charge on any atom is 0.341 e. The van der Waals surface area contributed by atoms with Crippen LogP contribution in [0.1, 0.15) is 41.8 Å². The lowest BCUT2D eigenvalue weighted by molar-refractivity contribution is -0.131. The van der Waals surface area contributed by atoms with E-state index in [4.69, 9.17) is 4.42 Å². The minimum Gasteiger partial charge on any atom is -0.467 e. The Morgan fingerprint density at radius 3 is 2.81 bits per heavy atom. The molecule has 1 aliphatic heterocycles. The summed E-state index contributed by atoms with van der Waals surface area (Å²) in [5.41, 5.74) is -0.528. The van der Waals surface area contributed by atoms with Crippen molar-refractivity contribution >= 4 is 17.9 Å². The molecule has 1 aromatic heterocycles. The van der Waals surface area contributed by atoms with E-state index >= 15 is 0 Å².